The molecule has 0 radical (unpaired) electrons. The van der Waals surface area contributed by atoms with Crippen molar-refractivity contribution < 1.29 is 28.9 Å². The van der Waals surface area contributed by atoms with Crippen molar-refractivity contribution in [2.45, 2.75) is 13.0 Å². The summed E-state index contributed by atoms with van der Waals surface area (Å²) in [6, 6.07) is 16.6. The van der Waals surface area contributed by atoms with Crippen LogP contribution in [0.15, 0.2) is 66.2 Å². The second kappa shape index (κ2) is 9.59. The minimum Gasteiger partial charge on any atom is -0.507 e. The van der Waals surface area contributed by atoms with Gasteiger partial charge >= 0.3 is 5.91 Å². The van der Waals surface area contributed by atoms with E-state index in [1.54, 1.807) is 75.9 Å². The number of hydrogen-bond acceptors (Lipinski definition) is 8. The summed E-state index contributed by atoms with van der Waals surface area (Å²) in [5.41, 5.74) is 2.47. The fourth-order valence-corrected chi connectivity index (χ4v) is 5.46. The molecule has 9 heteroatoms. The number of carbonyl (C=O) groups excluding carboxylic acids is 2. The van der Waals surface area contributed by atoms with E-state index in [1.165, 1.54) is 16.2 Å². The molecule has 188 valence electrons. The first-order valence-corrected chi connectivity index (χ1v) is 12.2. The molecule has 0 aliphatic carbocycles. The molecule has 1 fully saturated rings. The van der Waals surface area contributed by atoms with Crippen LogP contribution in [0, 0.1) is 6.92 Å². The number of carbonyl (C=O) groups is 2. The molecule has 1 N–H and O–H groups in total. The molecule has 3 aromatic carbocycles. The van der Waals surface area contributed by atoms with Crippen molar-refractivity contribution in [3.05, 3.63) is 82.9 Å². The number of anilines is 1. The number of Topliss-reactive ketones (excluding diaryl/α,β-unsaturated/α-hetero) is 1. The number of nitrogens with zero attached hydrogens (tertiary/aromatic N) is 2. The van der Waals surface area contributed by atoms with Gasteiger partial charge < -0.3 is 19.3 Å². The summed E-state index contributed by atoms with van der Waals surface area (Å²) < 4.78 is 16.7. The summed E-state index contributed by atoms with van der Waals surface area (Å²) in [7, 11) is 4.69. The van der Waals surface area contributed by atoms with Crippen molar-refractivity contribution in [3.63, 3.8) is 0 Å². The van der Waals surface area contributed by atoms with Crippen LogP contribution in [0.5, 0.6) is 17.2 Å². The number of amides is 1. The second-order valence-corrected chi connectivity index (χ2v) is 9.47. The van der Waals surface area contributed by atoms with Crippen molar-refractivity contribution in [1.29, 1.82) is 0 Å². The van der Waals surface area contributed by atoms with Crippen molar-refractivity contribution in [3.8, 4) is 17.2 Å². The smallest absolute Gasteiger partial charge is 0.301 e. The number of ketones is 1. The molecular weight excluding hydrogens is 492 g/mol. The van der Waals surface area contributed by atoms with E-state index in [4.69, 9.17) is 14.2 Å². The van der Waals surface area contributed by atoms with Gasteiger partial charge in [-0.1, -0.05) is 23.5 Å². The zero-order valence-corrected chi connectivity index (χ0v) is 21.5. The molecule has 1 aromatic heterocycles. The maximum absolute atomic E-state index is 13.5. The van der Waals surface area contributed by atoms with E-state index >= 15 is 0 Å². The highest BCUT2D eigenvalue weighted by Gasteiger charge is 2.48. The van der Waals surface area contributed by atoms with Crippen LogP contribution >= 0.6 is 11.3 Å². The summed E-state index contributed by atoms with van der Waals surface area (Å²) >= 11 is 1.27. The van der Waals surface area contributed by atoms with Gasteiger partial charge in [-0.15, -0.1) is 0 Å². The van der Waals surface area contributed by atoms with Crippen LogP contribution in [-0.2, 0) is 9.59 Å². The van der Waals surface area contributed by atoms with Gasteiger partial charge in [0.2, 0.25) is 0 Å². The van der Waals surface area contributed by atoms with E-state index in [-0.39, 0.29) is 11.3 Å². The Morgan fingerprint density at radius 2 is 1.62 bits per heavy atom. The van der Waals surface area contributed by atoms with Crippen molar-refractivity contribution >= 4 is 44.1 Å². The molecule has 5 rings (SSSR count). The lowest BCUT2D eigenvalue weighted by atomic mass is 9.95. The molecule has 1 amide bonds. The van der Waals surface area contributed by atoms with Crippen LogP contribution in [0.2, 0.25) is 0 Å². The molecule has 1 atom stereocenters. The largest absolute Gasteiger partial charge is 0.507 e. The second-order valence-electron chi connectivity index (χ2n) is 8.46. The first-order valence-electron chi connectivity index (χ1n) is 11.4. The zero-order chi connectivity index (χ0) is 26.3. The summed E-state index contributed by atoms with van der Waals surface area (Å²) in [6.07, 6.45) is 0. The standard InChI is InChI=1S/C28H24N2O6S/c1-15-13-17(7-12-21(15)36-4)25(31)23-24(16-5-8-18(34-2)9-6-16)30(27(33)26(23)32)28-29-20-11-10-19(35-3)14-22(20)37-28/h5-14,24,31H,1-4H3/b25-23+. The fourth-order valence-electron chi connectivity index (χ4n) is 4.44. The van der Waals surface area contributed by atoms with Crippen LogP contribution in [0.4, 0.5) is 5.13 Å². The number of thiazole rings is 1. The lowest BCUT2D eigenvalue weighted by molar-refractivity contribution is -0.132. The van der Waals surface area contributed by atoms with Crippen LogP contribution in [-0.4, -0.2) is 43.1 Å². The number of rotatable bonds is 6. The van der Waals surface area contributed by atoms with E-state index in [0.717, 1.165) is 10.3 Å². The van der Waals surface area contributed by atoms with Gasteiger partial charge in [-0.25, -0.2) is 4.98 Å². The molecule has 1 saturated heterocycles. The molecule has 0 saturated carbocycles. The van der Waals surface area contributed by atoms with Gasteiger partial charge in [0, 0.05) is 5.56 Å². The highest BCUT2D eigenvalue weighted by molar-refractivity contribution is 7.22. The Labute approximate surface area is 217 Å². The fraction of sp³-hybridized carbons (Fsp3) is 0.179. The molecule has 4 aromatic rings. The number of aliphatic hydroxyl groups excluding tert-OH is 1. The predicted molar refractivity (Wildman–Crippen MR) is 142 cm³/mol. The van der Waals surface area contributed by atoms with E-state index in [9.17, 15) is 14.7 Å². The Morgan fingerprint density at radius 3 is 2.27 bits per heavy atom. The highest BCUT2D eigenvalue weighted by atomic mass is 32.1. The van der Waals surface area contributed by atoms with E-state index in [0.29, 0.717) is 39.0 Å². The normalized spacial score (nSPS) is 16.9. The number of hydrogen-bond donors (Lipinski definition) is 1. The molecule has 37 heavy (non-hydrogen) atoms. The van der Waals surface area contributed by atoms with Gasteiger partial charge in [-0.05, 0) is 66.6 Å². The molecule has 1 aliphatic heterocycles. The summed E-state index contributed by atoms with van der Waals surface area (Å²) in [5, 5.41) is 11.7. The van der Waals surface area contributed by atoms with Crippen LogP contribution in [0.25, 0.3) is 16.0 Å². The summed E-state index contributed by atoms with van der Waals surface area (Å²) in [5.74, 6) is 0.107. The molecule has 1 aliphatic rings. The Hall–Kier alpha value is -4.37. The third-order valence-electron chi connectivity index (χ3n) is 6.33. The quantitative estimate of drug-likeness (QED) is 0.212. The maximum Gasteiger partial charge on any atom is 0.301 e. The minimum absolute atomic E-state index is 0.0171. The van der Waals surface area contributed by atoms with Crippen LogP contribution in [0.3, 0.4) is 0 Å². The number of benzene rings is 3. The van der Waals surface area contributed by atoms with Gasteiger partial charge in [-0.3, -0.25) is 14.5 Å². The Morgan fingerprint density at radius 1 is 0.919 bits per heavy atom. The number of ether oxygens (including phenoxy) is 3. The SMILES string of the molecule is COc1ccc(C2/C(=C(\O)c3ccc(OC)c(C)c3)C(=O)C(=O)N2c2nc3ccc(OC)cc3s2)cc1. The van der Waals surface area contributed by atoms with Gasteiger partial charge in [0.15, 0.2) is 5.13 Å². The van der Waals surface area contributed by atoms with Crippen LogP contribution in [0.1, 0.15) is 22.7 Å². The Kier molecular flexibility index (Phi) is 6.31. The minimum atomic E-state index is -0.893. The first-order chi connectivity index (χ1) is 17.9. The lowest BCUT2D eigenvalue weighted by Crippen LogP contribution is -2.29. The van der Waals surface area contributed by atoms with Gasteiger partial charge in [0.25, 0.3) is 5.78 Å². The third kappa shape index (κ3) is 4.17. The average molecular weight is 517 g/mol. The first kappa shape index (κ1) is 24.3. The summed E-state index contributed by atoms with van der Waals surface area (Å²) in [4.78, 5) is 32.9. The lowest BCUT2D eigenvalue weighted by Gasteiger charge is -2.23. The topological polar surface area (TPSA) is 98.2 Å². The van der Waals surface area contributed by atoms with Crippen LogP contribution < -0.4 is 19.1 Å². The molecular formula is C28H24N2O6S. The van der Waals surface area contributed by atoms with E-state index in [2.05, 4.69) is 4.98 Å². The number of aliphatic hydroxyl groups is 1. The Balaban J connectivity index is 1.70. The Bertz CT molecular complexity index is 1560. The number of aromatic nitrogens is 1. The van der Waals surface area contributed by atoms with Gasteiger partial charge in [0.1, 0.15) is 23.0 Å². The number of fused-ring (bicyclic) bond motifs is 1. The van der Waals surface area contributed by atoms with Crippen molar-refractivity contribution in [2.75, 3.05) is 26.2 Å². The molecule has 0 bridgehead atoms. The number of methoxy groups -OCH3 is 3. The predicted octanol–water partition coefficient (Wildman–Crippen LogP) is 5.26. The van der Waals surface area contributed by atoms with Crippen molar-refractivity contribution in [2.24, 2.45) is 0 Å². The van der Waals surface area contributed by atoms with Crippen molar-refractivity contribution in [1.82, 2.24) is 4.98 Å². The molecule has 8 nitrogen and oxygen atoms in total. The van der Waals surface area contributed by atoms with Gasteiger partial charge in [0.05, 0.1) is 43.2 Å². The maximum atomic E-state index is 13.5. The highest BCUT2D eigenvalue weighted by Crippen LogP contribution is 2.45. The third-order valence-corrected chi connectivity index (χ3v) is 7.35. The van der Waals surface area contributed by atoms with E-state index < -0.39 is 17.7 Å². The zero-order valence-electron chi connectivity index (χ0n) is 20.6. The average Bonchev–Trinajstić information content (AvgIpc) is 3.45. The molecule has 0 spiro atoms. The number of aryl methyl sites for hydroxylation is 1. The summed E-state index contributed by atoms with van der Waals surface area (Å²) in [6.45, 7) is 1.84. The monoisotopic (exact) mass is 516 g/mol. The van der Waals surface area contributed by atoms with Gasteiger partial charge in [-0.2, -0.15) is 0 Å². The molecule has 1 unspecified atom stereocenters. The van der Waals surface area contributed by atoms with E-state index in [1.807, 2.05) is 13.0 Å². The molecule has 2 heterocycles.